The minimum atomic E-state index is 0.748. The molecular weight excluding hydrogens is 252 g/mol. The normalized spacial score (nSPS) is 19.6. The van der Waals surface area contributed by atoms with Crippen molar-refractivity contribution in [3.8, 4) is 0 Å². The quantitative estimate of drug-likeness (QED) is 0.648. The molecule has 0 spiro atoms. The lowest BCUT2D eigenvalue weighted by molar-refractivity contribution is 0.274. The van der Waals surface area contributed by atoms with Crippen molar-refractivity contribution in [3.05, 3.63) is 46.3 Å². The summed E-state index contributed by atoms with van der Waals surface area (Å²) >= 11 is 1.84. The first kappa shape index (κ1) is 14.5. The molecule has 0 saturated heterocycles. The molecule has 104 valence electrons. The van der Waals surface area contributed by atoms with Crippen LogP contribution in [0, 0.1) is 5.92 Å². The van der Waals surface area contributed by atoms with E-state index in [0.29, 0.717) is 0 Å². The van der Waals surface area contributed by atoms with Crippen molar-refractivity contribution in [2.45, 2.75) is 46.0 Å². The number of hydrogen-bond acceptors (Lipinski definition) is 2. The van der Waals surface area contributed by atoms with Gasteiger partial charge < -0.3 is 4.74 Å². The molecule has 2 rings (SSSR count). The SMILES string of the molecule is CSC1=CC=C(OC2=CC=C(CC(C)C)CC2)CC1. The highest BCUT2D eigenvalue weighted by Gasteiger charge is 2.12. The lowest BCUT2D eigenvalue weighted by atomic mass is 9.95. The Labute approximate surface area is 121 Å². The second-order valence-corrected chi connectivity index (χ2v) is 6.56. The third-order valence-corrected chi connectivity index (χ3v) is 4.33. The summed E-state index contributed by atoms with van der Waals surface area (Å²) in [5, 5.41) is 0. The highest BCUT2D eigenvalue weighted by Crippen LogP contribution is 2.30. The standard InChI is InChI=1S/C17H24OS/c1-13(2)12-14-4-6-15(7-5-14)18-16-8-10-17(19-3)11-9-16/h4,6,8,10,13H,5,7,9,11-12H2,1-3H3. The van der Waals surface area contributed by atoms with Gasteiger partial charge in [-0.1, -0.05) is 25.5 Å². The zero-order chi connectivity index (χ0) is 13.7. The maximum atomic E-state index is 6.00. The van der Waals surface area contributed by atoms with Crippen LogP contribution in [-0.4, -0.2) is 6.26 Å². The van der Waals surface area contributed by atoms with E-state index in [1.54, 1.807) is 5.57 Å². The molecule has 1 nitrogen and oxygen atoms in total. The Morgan fingerprint density at radius 1 is 1.00 bits per heavy atom. The molecule has 0 N–H and O–H groups in total. The van der Waals surface area contributed by atoms with Crippen LogP contribution in [0.4, 0.5) is 0 Å². The predicted octanol–water partition coefficient (Wildman–Crippen LogP) is 5.58. The average Bonchev–Trinajstić information content (AvgIpc) is 2.41. The van der Waals surface area contributed by atoms with Crippen LogP contribution in [0.3, 0.4) is 0 Å². The van der Waals surface area contributed by atoms with Crippen LogP contribution >= 0.6 is 11.8 Å². The predicted molar refractivity (Wildman–Crippen MR) is 84.9 cm³/mol. The van der Waals surface area contributed by atoms with Crippen molar-refractivity contribution in [3.63, 3.8) is 0 Å². The van der Waals surface area contributed by atoms with Gasteiger partial charge in [0.1, 0.15) is 11.5 Å². The third kappa shape index (κ3) is 4.61. The van der Waals surface area contributed by atoms with E-state index in [-0.39, 0.29) is 0 Å². The number of rotatable bonds is 5. The number of thioether (sulfide) groups is 1. The van der Waals surface area contributed by atoms with E-state index in [4.69, 9.17) is 4.74 Å². The molecule has 2 aliphatic carbocycles. The van der Waals surface area contributed by atoms with Gasteiger partial charge >= 0.3 is 0 Å². The average molecular weight is 276 g/mol. The Morgan fingerprint density at radius 2 is 1.68 bits per heavy atom. The van der Waals surface area contributed by atoms with Crippen LogP contribution in [0.5, 0.6) is 0 Å². The molecule has 0 aromatic rings. The van der Waals surface area contributed by atoms with Gasteiger partial charge in [0.2, 0.25) is 0 Å². The van der Waals surface area contributed by atoms with E-state index >= 15 is 0 Å². The first-order valence-electron chi connectivity index (χ1n) is 7.17. The molecule has 2 aliphatic rings. The smallest absolute Gasteiger partial charge is 0.104 e. The molecule has 0 unspecified atom stereocenters. The fourth-order valence-corrected chi connectivity index (χ4v) is 2.97. The number of hydrogen-bond donors (Lipinski definition) is 0. The highest BCUT2D eigenvalue weighted by molar-refractivity contribution is 8.02. The van der Waals surface area contributed by atoms with Crippen LogP contribution in [0.15, 0.2) is 46.3 Å². The van der Waals surface area contributed by atoms with Gasteiger partial charge in [0.15, 0.2) is 0 Å². The minimum absolute atomic E-state index is 0.748. The Morgan fingerprint density at radius 3 is 2.16 bits per heavy atom. The molecule has 2 heteroatoms. The topological polar surface area (TPSA) is 9.23 Å². The third-order valence-electron chi connectivity index (χ3n) is 3.47. The molecule has 0 amide bonds. The van der Waals surface area contributed by atoms with Crippen molar-refractivity contribution < 1.29 is 4.74 Å². The van der Waals surface area contributed by atoms with Crippen molar-refractivity contribution in [1.29, 1.82) is 0 Å². The van der Waals surface area contributed by atoms with Gasteiger partial charge in [-0.2, -0.15) is 0 Å². The summed E-state index contributed by atoms with van der Waals surface area (Å²) in [4.78, 5) is 1.45. The Bertz CT molecular complexity index is 438. The second kappa shape index (κ2) is 7.04. The Hall–Kier alpha value is -0.890. The van der Waals surface area contributed by atoms with Crippen LogP contribution in [0.25, 0.3) is 0 Å². The van der Waals surface area contributed by atoms with E-state index in [0.717, 1.165) is 43.1 Å². The molecule has 0 aromatic heterocycles. The van der Waals surface area contributed by atoms with Crippen LogP contribution in [0.1, 0.15) is 46.0 Å². The van der Waals surface area contributed by atoms with Gasteiger partial charge in [0.05, 0.1) is 0 Å². The van der Waals surface area contributed by atoms with Crippen molar-refractivity contribution >= 4 is 11.8 Å². The molecular formula is C17H24OS. The maximum absolute atomic E-state index is 6.00. The Balaban J connectivity index is 1.91. The van der Waals surface area contributed by atoms with Gasteiger partial charge in [-0.15, -0.1) is 11.8 Å². The lowest BCUT2D eigenvalue weighted by Gasteiger charge is -2.19. The van der Waals surface area contributed by atoms with Crippen LogP contribution in [0.2, 0.25) is 0 Å². The van der Waals surface area contributed by atoms with Gasteiger partial charge in [-0.3, -0.25) is 0 Å². The first-order chi connectivity index (χ1) is 9.17. The summed E-state index contributed by atoms with van der Waals surface area (Å²) in [6, 6.07) is 0. The second-order valence-electron chi connectivity index (χ2n) is 5.63. The van der Waals surface area contributed by atoms with E-state index in [1.165, 1.54) is 11.3 Å². The maximum Gasteiger partial charge on any atom is 0.104 e. The zero-order valence-corrected chi connectivity index (χ0v) is 13.1. The van der Waals surface area contributed by atoms with Gasteiger partial charge in [0.25, 0.3) is 0 Å². The fraction of sp³-hybridized carbons (Fsp3) is 0.529. The van der Waals surface area contributed by atoms with Crippen molar-refractivity contribution in [2.75, 3.05) is 6.26 Å². The van der Waals surface area contributed by atoms with Crippen LogP contribution in [-0.2, 0) is 4.74 Å². The van der Waals surface area contributed by atoms with Gasteiger partial charge in [-0.05, 0) is 54.6 Å². The summed E-state index contributed by atoms with van der Waals surface area (Å²) in [7, 11) is 0. The van der Waals surface area contributed by atoms with Crippen molar-refractivity contribution in [2.24, 2.45) is 5.92 Å². The minimum Gasteiger partial charge on any atom is -0.466 e. The van der Waals surface area contributed by atoms with E-state index in [2.05, 4.69) is 44.4 Å². The van der Waals surface area contributed by atoms with Gasteiger partial charge in [0, 0.05) is 12.8 Å². The lowest BCUT2D eigenvalue weighted by Crippen LogP contribution is -2.02. The summed E-state index contributed by atoms with van der Waals surface area (Å²) in [5.74, 6) is 2.99. The molecule has 0 aliphatic heterocycles. The van der Waals surface area contributed by atoms with Gasteiger partial charge in [-0.25, -0.2) is 0 Å². The molecule has 0 bridgehead atoms. The molecule has 0 fully saturated rings. The monoisotopic (exact) mass is 276 g/mol. The molecule has 0 saturated carbocycles. The molecule has 0 atom stereocenters. The molecule has 0 radical (unpaired) electrons. The summed E-state index contributed by atoms with van der Waals surface area (Å²) in [5.41, 5.74) is 1.56. The van der Waals surface area contributed by atoms with E-state index in [1.807, 2.05) is 11.8 Å². The summed E-state index contributed by atoms with van der Waals surface area (Å²) in [6.45, 7) is 4.55. The first-order valence-corrected chi connectivity index (χ1v) is 8.40. The summed E-state index contributed by atoms with van der Waals surface area (Å²) < 4.78 is 6.00. The fourth-order valence-electron chi connectivity index (χ4n) is 2.46. The van der Waals surface area contributed by atoms with E-state index in [9.17, 15) is 0 Å². The molecule has 0 aromatic carbocycles. The molecule has 19 heavy (non-hydrogen) atoms. The summed E-state index contributed by atoms with van der Waals surface area (Å²) in [6.07, 6.45) is 16.4. The van der Waals surface area contributed by atoms with E-state index < -0.39 is 0 Å². The Kier molecular flexibility index (Phi) is 5.38. The number of allylic oxidation sites excluding steroid dienone is 8. The number of ether oxygens (including phenoxy) is 1. The van der Waals surface area contributed by atoms with Crippen LogP contribution < -0.4 is 0 Å². The van der Waals surface area contributed by atoms with Crippen molar-refractivity contribution in [1.82, 2.24) is 0 Å². The molecule has 0 heterocycles. The largest absolute Gasteiger partial charge is 0.466 e. The highest BCUT2D eigenvalue weighted by atomic mass is 32.2. The zero-order valence-electron chi connectivity index (χ0n) is 12.2.